The molecule has 2 saturated heterocycles. The maximum atomic E-state index is 13.7. The molecule has 2 aliphatic rings. The molecule has 2 aromatic heterocycles. The fourth-order valence-electron chi connectivity index (χ4n) is 8.34. The topological polar surface area (TPSA) is 139 Å². The van der Waals surface area contributed by atoms with E-state index >= 15 is 0 Å². The van der Waals surface area contributed by atoms with Crippen molar-refractivity contribution in [1.29, 1.82) is 0 Å². The maximum absolute atomic E-state index is 13.7. The van der Waals surface area contributed by atoms with Crippen LogP contribution < -0.4 is 34.1 Å². The summed E-state index contributed by atoms with van der Waals surface area (Å²) in [6, 6.07) is 42.2. The summed E-state index contributed by atoms with van der Waals surface area (Å²) < 4.78 is 21.4. The highest BCUT2D eigenvalue weighted by Crippen LogP contribution is 2.32. The van der Waals surface area contributed by atoms with Gasteiger partial charge in [0.15, 0.2) is 0 Å². The summed E-state index contributed by atoms with van der Waals surface area (Å²) in [5, 5.41) is 15.8. The quantitative estimate of drug-likeness (QED) is 0.142. The van der Waals surface area contributed by atoms with Gasteiger partial charge in [0.2, 0.25) is 0 Å². The minimum Gasteiger partial charge on any atom is -0.497 e. The number of benzene rings is 6. The van der Waals surface area contributed by atoms with Gasteiger partial charge in [0.1, 0.15) is 23.0 Å². The van der Waals surface area contributed by atoms with Gasteiger partial charge in [0.05, 0.1) is 61.6 Å². The zero-order chi connectivity index (χ0) is 45.3. The molecule has 0 unspecified atom stereocenters. The molecule has 13 heteroatoms. The van der Waals surface area contributed by atoms with E-state index in [1.165, 1.54) is 0 Å². The highest BCUT2D eigenvalue weighted by molar-refractivity contribution is 6.16. The van der Waals surface area contributed by atoms with Crippen molar-refractivity contribution < 1.29 is 33.6 Å². The van der Waals surface area contributed by atoms with Crippen molar-refractivity contribution in [3.63, 3.8) is 0 Å². The minimum absolute atomic E-state index is 0.0580. The van der Waals surface area contributed by atoms with E-state index in [1.54, 1.807) is 40.6 Å². The van der Waals surface area contributed by atoms with Crippen LogP contribution >= 0.6 is 0 Å². The Morgan fingerprint density at radius 3 is 1.17 bits per heavy atom. The molecule has 2 fully saturated rings. The average molecular weight is 873 g/mol. The third-order valence-electron chi connectivity index (χ3n) is 11.7. The standard InChI is InChI=1S/C26H25N3O3.C14H9NO2.C12H18N2O2/c1-31-19-15-18(16-20(17-19)32-2)28-11-13-29(14-12-28)26(30)25-21-7-3-5-9-23(21)27-24-10-6-4-8-22(24)25;16-14(17)13-9-5-1-3-7-11(9)15-12-8-4-2-6-10(12)13;1-15-11-7-10(8-12(9-11)16-2)14-5-3-13-4-6-14/h3-10,15-17H,11-14H2,1-2H3;1-8H,(H,16,17);7-9,13H,3-6H2,1-2H3. The summed E-state index contributed by atoms with van der Waals surface area (Å²) in [5.74, 6) is 2.34. The van der Waals surface area contributed by atoms with Gasteiger partial charge in [-0.15, -0.1) is 0 Å². The lowest BCUT2D eigenvalue weighted by molar-refractivity contribution is 0.0699. The van der Waals surface area contributed by atoms with Gasteiger partial charge >= 0.3 is 5.97 Å². The largest absolute Gasteiger partial charge is 0.497 e. The number of carbonyl (C=O) groups excluding carboxylic acids is 1. The number of rotatable bonds is 8. The van der Waals surface area contributed by atoms with Crippen LogP contribution in [0.5, 0.6) is 23.0 Å². The number of pyridine rings is 2. The molecular weight excluding hydrogens is 821 g/mol. The Hall–Kier alpha value is -7.64. The number of aromatic carboxylic acids is 1. The molecule has 10 rings (SSSR count). The van der Waals surface area contributed by atoms with Crippen LogP contribution in [-0.4, -0.2) is 113 Å². The molecule has 6 aromatic carbocycles. The monoisotopic (exact) mass is 872 g/mol. The highest BCUT2D eigenvalue weighted by atomic mass is 16.5. The number of carbonyl (C=O) groups is 2. The molecule has 0 aliphatic carbocycles. The number of piperazine rings is 2. The summed E-state index contributed by atoms with van der Waals surface area (Å²) in [6.07, 6.45) is 0. The number of methoxy groups -OCH3 is 4. The SMILES string of the molecule is COc1cc(OC)cc(N2CCN(C(=O)c3c4ccccc4nc4ccccc34)CC2)c1.COc1cc(OC)cc(N2CCNCC2)c1.O=C(O)c1c2ccccc2nc2ccccc12. The first-order valence-electron chi connectivity index (χ1n) is 21.5. The van der Waals surface area contributed by atoms with Gasteiger partial charge in [-0.25, -0.2) is 14.8 Å². The Balaban J connectivity index is 0.000000147. The van der Waals surface area contributed by atoms with Gasteiger partial charge in [0, 0.05) is 122 Å². The zero-order valence-electron chi connectivity index (χ0n) is 37.0. The summed E-state index contributed by atoms with van der Waals surface area (Å²) in [5.41, 5.74) is 6.38. The van der Waals surface area contributed by atoms with E-state index in [9.17, 15) is 14.7 Å². The lowest BCUT2D eigenvalue weighted by Gasteiger charge is -2.36. The Morgan fingerprint density at radius 1 is 0.477 bits per heavy atom. The molecule has 332 valence electrons. The molecular formula is C52H52N6O7. The van der Waals surface area contributed by atoms with Crippen molar-refractivity contribution in [2.75, 3.05) is 90.6 Å². The molecule has 2 N–H and O–H groups in total. The van der Waals surface area contributed by atoms with E-state index in [0.717, 1.165) is 101 Å². The number of carboxylic acids is 1. The van der Waals surface area contributed by atoms with Crippen molar-refractivity contribution in [2.45, 2.75) is 0 Å². The fraction of sp³-hybridized carbons (Fsp3) is 0.231. The number of carboxylic acid groups (broad SMARTS) is 1. The van der Waals surface area contributed by atoms with E-state index in [0.29, 0.717) is 40.5 Å². The van der Waals surface area contributed by atoms with Gasteiger partial charge in [-0.3, -0.25) is 4.79 Å². The third kappa shape index (κ3) is 9.80. The molecule has 0 radical (unpaired) electrons. The van der Waals surface area contributed by atoms with Gasteiger partial charge in [-0.05, 0) is 24.3 Å². The van der Waals surface area contributed by atoms with E-state index < -0.39 is 5.97 Å². The number of nitrogens with one attached hydrogen (secondary N) is 1. The van der Waals surface area contributed by atoms with Crippen LogP contribution in [0.1, 0.15) is 20.7 Å². The molecule has 0 saturated carbocycles. The second-order valence-corrected chi connectivity index (χ2v) is 15.5. The summed E-state index contributed by atoms with van der Waals surface area (Å²) in [6.45, 7) is 6.87. The number of anilines is 2. The Morgan fingerprint density at radius 2 is 0.815 bits per heavy atom. The molecule has 0 atom stereocenters. The first-order chi connectivity index (χ1) is 31.8. The molecule has 0 bridgehead atoms. The number of aromatic nitrogens is 2. The van der Waals surface area contributed by atoms with Crippen molar-refractivity contribution in [1.82, 2.24) is 20.2 Å². The average Bonchev–Trinajstić information content (AvgIpc) is 3.37. The van der Waals surface area contributed by atoms with Gasteiger partial charge in [0.25, 0.3) is 5.91 Å². The second kappa shape index (κ2) is 20.2. The predicted molar refractivity (Wildman–Crippen MR) is 258 cm³/mol. The first kappa shape index (κ1) is 44.0. The fourth-order valence-corrected chi connectivity index (χ4v) is 8.34. The van der Waals surface area contributed by atoms with Crippen LogP contribution in [0.25, 0.3) is 43.6 Å². The normalized spacial score (nSPS) is 13.7. The summed E-state index contributed by atoms with van der Waals surface area (Å²) >= 11 is 0. The van der Waals surface area contributed by atoms with Gasteiger partial charge < -0.3 is 44.1 Å². The molecule has 65 heavy (non-hydrogen) atoms. The Kier molecular flexibility index (Phi) is 13.7. The van der Waals surface area contributed by atoms with Crippen LogP contribution in [0.2, 0.25) is 0 Å². The maximum Gasteiger partial charge on any atom is 0.337 e. The predicted octanol–water partition coefficient (Wildman–Crippen LogP) is 8.57. The van der Waals surface area contributed by atoms with Crippen molar-refractivity contribution in [3.05, 3.63) is 145 Å². The molecule has 8 aromatic rings. The summed E-state index contributed by atoms with van der Waals surface area (Å²) in [7, 11) is 6.66. The first-order valence-corrected chi connectivity index (χ1v) is 21.5. The van der Waals surface area contributed by atoms with Gasteiger partial charge in [-0.1, -0.05) is 72.8 Å². The lowest BCUT2D eigenvalue weighted by atomic mass is 10.0. The number of amides is 1. The van der Waals surface area contributed by atoms with Crippen molar-refractivity contribution in [2.24, 2.45) is 0 Å². The van der Waals surface area contributed by atoms with Crippen LogP contribution in [0.3, 0.4) is 0 Å². The minimum atomic E-state index is -0.917. The molecule has 13 nitrogen and oxygen atoms in total. The van der Waals surface area contributed by atoms with Crippen LogP contribution in [0.15, 0.2) is 133 Å². The zero-order valence-corrected chi connectivity index (χ0v) is 37.0. The van der Waals surface area contributed by atoms with Crippen LogP contribution in [0.4, 0.5) is 11.4 Å². The summed E-state index contributed by atoms with van der Waals surface area (Å²) in [4.78, 5) is 40.9. The molecule has 0 spiro atoms. The molecule has 4 heterocycles. The van der Waals surface area contributed by atoms with Crippen LogP contribution in [-0.2, 0) is 0 Å². The van der Waals surface area contributed by atoms with Crippen molar-refractivity contribution in [3.8, 4) is 23.0 Å². The third-order valence-corrected chi connectivity index (χ3v) is 11.7. The number of fused-ring (bicyclic) bond motifs is 4. The highest BCUT2D eigenvalue weighted by Gasteiger charge is 2.26. The number of nitrogens with zero attached hydrogens (tertiary/aromatic N) is 5. The molecule has 1 amide bonds. The lowest BCUT2D eigenvalue weighted by Crippen LogP contribution is -2.48. The second-order valence-electron chi connectivity index (χ2n) is 15.5. The number of ether oxygens (including phenoxy) is 4. The van der Waals surface area contributed by atoms with E-state index in [4.69, 9.17) is 23.9 Å². The van der Waals surface area contributed by atoms with E-state index in [-0.39, 0.29) is 5.91 Å². The molecule has 2 aliphatic heterocycles. The number of hydrogen-bond acceptors (Lipinski definition) is 11. The van der Waals surface area contributed by atoms with E-state index in [1.807, 2.05) is 126 Å². The number of para-hydroxylation sites is 4. The van der Waals surface area contributed by atoms with Gasteiger partial charge in [-0.2, -0.15) is 0 Å². The smallest absolute Gasteiger partial charge is 0.337 e. The van der Waals surface area contributed by atoms with E-state index in [2.05, 4.69) is 20.1 Å². The number of hydrogen-bond donors (Lipinski definition) is 2. The Bertz CT molecular complexity index is 2810. The van der Waals surface area contributed by atoms with Crippen LogP contribution in [0, 0.1) is 0 Å². The van der Waals surface area contributed by atoms with Crippen molar-refractivity contribution >= 4 is 66.9 Å². The Labute approximate surface area is 377 Å².